The normalized spacial score (nSPS) is 15.0. The fourth-order valence-electron chi connectivity index (χ4n) is 9.81. The van der Waals surface area contributed by atoms with Crippen molar-refractivity contribution in [2.24, 2.45) is 0 Å². The van der Waals surface area contributed by atoms with E-state index in [0.717, 1.165) is 25.7 Å². The highest BCUT2D eigenvalue weighted by atomic mass is 15.0. The molecule has 3 aliphatic rings. The number of nitrogens with zero attached hydrogens (tertiary/aromatic N) is 2. The smallest absolute Gasteiger partial charge is 0.0538 e. The van der Waals surface area contributed by atoms with Gasteiger partial charge in [0.25, 0.3) is 0 Å². The van der Waals surface area contributed by atoms with E-state index in [1.807, 2.05) is 0 Å². The number of para-hydroxylation sites is 2. The van der Waals surface area contributed by atoms with Crippen LogP contribution in [0, 0.1) is 0 Å². The first-order chi connectivity index (χ1) is 26.8. The molecular weight excluding hydrogens is 653 g/mol. The van der Waals surface area contributed by atoms with Gasteiger partial charge >= 0.3 is 0 Å². The van der Waals surface area contributed by atoms with E-state index in [1.165, 1.54) is 110 Å². The maximum atomic E-state index is 2.53. The first-order valence-corrected chi connectivity index (χ1v) is 19.3. The van der Waals surface area contributed by atoms with Gasteiger partial charge in [-0.2, -0.15) is 0 Å². The van der Waals surface area contributed by atoms with Gasteiger partial charge < -0.3 is 9.13 Å². The average molecular weight is 689 g/mol. The van der Waals surface area contributed by atoms with Crippen molar-refractivity contribution in [2.75, 3.05) is 0 Å². The average Bonchev–Trinajstić information content (AvgIpc) is 3.87. The molecule has 0 radical (unpaired) electrons. The summed E-state index contributed by atoms with van der Waals surface area (Å²) in [4.78, 5) is 0. The molecule has 9 aromatic rings. The third-order valence-corrected chi connectivity index (χ3v) is 12.2. The molecular formula is C52H36N2. The minimum Gasteiger partial charge on any atom is -0.313 e. The topological polar surface area (TPSA) is 9.86 Å². The van der Waals surface area contributed by atoms with Crippen LogP contribution in [0.1, 0.15) is 31.2 Å². The number of hydrogen-bond donors (Lipinski definition) is 0. The minimum atomic E-state index is 0.999. The minimum absolute atomic E-state index is 0.999. The van der Waals surface area contributed by atoms with E-state index >= 15 is 0 Å². The molecule has 0 atom stereocenters. The van der Waals surface area contributed by atoms with Crippen molar-refractivity contribution >= 4 is 71.4 Å². The highest BCUT2D eigenvalue weighted by Crippen LogP contribution is 2.49. The number of fused-ring (bicyclic) bond motifs is 9. The molecule has 0 amide bonds. The Hall–Kier alpha value is -6.64. The van der Waals surface area contributed by atoms with Crippen LogP contribution in [-0.2, 0) is 0 Å². The van der Waals surface area contributed by atoms with Crippen molar-refractivity contribution < 1.29 is 0 Å². The molecule has 7 aromatic carbocycles. The Morgan fingerprint density at radius 3 is 1.65 bits per heavy atom. The summed E-state index contributed by atoms with van der Waals surface area (Å²) in [5, 5.41) is 7.92. The van der Waals surface area contributed by atoms with E-state index in [9.17, 15) is 0 Å². The zero-order valence-corrected chi connectivity index (χ0v) is 29.9. The van der Waals surface area contributed by atoms with Crippen molar-refractivity contribution in [1.29, 1.82) is 0 Å². The fourth-order valence-corrected chi connectivity index (χ4v) is 9.81. The summed E-state index contributed by atoms with van der Waals surface area (Å²) in [6, 6.07) is 52.3. The van der Waals surface area contributed by atoms with Crippen LogP contribution in [0.2, 0.25) is 0 Å². The van der Waals surface area contributed by atoms with Crippen molar-refractivity contribution in [3.8, 4) is 33.4 Å². The Morgan fingerprint density at radius 1 is 0.407 bits per heavy atom. The molecule has 0 saturated carbocycles. The fraction of sp³-hybridized carbons (Fsp3) is 0.0769. The van der Waals surface area contributed by atoms with Gasteiger partial charge in [0, 0.05) is 32.9 Å². The molecule has 0 unspecified atom stereocenters. The lowest BCUT2D eigenvalue weighted by Gasteiger charge is -2.19. The molecule has 0 saturated heterocycles. The summed E-state index contributed by atoms with van der Waals surface area (Å²) >= 11 is 0. The summed E-state index contributed by atoms with van der Waals surface area (Å²) in [6.45, 7) is 0. The SMILES string of the molecule is C1=CCCC(n2c3ccccc3c3cc(-c4ccc5c(c4)c4ccccc4n5C4=CC(c5ccc6c7c(cccc57)-c5ccccc5-6)=CCC4)ccc32)=C1. The molecule has 0 N–H and O–H groups in total. The molecule has 2 nitrogen and oxygen atoms in total. The summed E-state index contributed by atoms with van der Waals surface area (Å²) in [6.07, 6.45) is 15.8. The number of rotatable bonds is 4. The molecule has 3 aliphatic carbocycles. The monoisotopic (exact) mass is 688 g/mol. The highest BCUT2D eigenvalue weighted by Gasteiger charge is 2.24. The van der Waals surface area contributed by atoms with Crippen LogP contribution in [-0.4, -0.2) is 9.13 Å². The predicted molar refractivity (Wildman–Crippen MR) is 230 cm³/mol. The van der Waals surface area contributed by atoms with Crippen LogP contribution < -0.4 is 0 Å². The number of benzene rings is 7. The van der Waals surface area contributed by atoms with Crippen molar-refractivity contribution in [3.05, 3.63) is 175 Å². The molecule has 0 aliphatic heterocycles. The lowest BCUT2D eigenvalue weighted by Crippen LogP contribution is -2.01. The van der Waals surface area contributed by atoms with E-state index < -0.39 is 0 Å². The molecule has 254 valence electrons. The molecule has 0 bridgehead atoms. The van der Waals surface area contributed by atoms with E-state index in [-0.39, 0.29) is 0 Å². The zero-order chi connectivity index (χ0) is 35.3. The van der Waals surface area contributed by atoms with Gasteiger partial charge in [0.2, 0.25) is 0 Å². The first-order valence-electron chi connectivity index (χ1n) is 19.3. The van der Waals surface area contributed by atoms with Gasteiger partial charge in [0.05, 0.1) is 22.1 Å². The van der Waals surface area contributed by atoms with Gasteiger partial charge in [0.1, 0.15) is 0 Å². The largest absolute Gasteiger partial charge is 0.313 e. The quantitative estimate of drug-likeness (QED) is 0.174. The van der Waals surface area contributed by atoms with E-state index in [1.54, 1.807) is 0 Å². The molecule has 2 heteroatoms. The van der Waals surface area contributed by atoms with Crippen molar-refractivity contribution in [2.45, 2.75) is 25.7 Å². The van der Waals surface area contributed by atoms with Crippen LogP contribution >= 0.6 is 0 Å². The number of allylic oxidation sites excluding steroid dienone is 8. The standard InChI is InChI=1S/C52H36N2/c1-2-13-36(14-3-1)53-48-22-8-6-18-41(48)46-31-33(24-28-50(46)53)34-25-29-51-47(32-34)42-19-7-9-23-49(42)54(51)37-15-10-12-35(30-37)38-26-27-45-40-17-5-4-16-39(40)44-21-11-20-43(38)52(44)45/h1-2,4-9,11-13,16-32H,3,10,14-15H2. The third kappa shape index (κ3) is 4.22. The maximum Gasteiger partial charge on any atom is 0.0538 e. The second-order valence-electron chi connectivity index (χ2n) is 15.1. The lowest BCUT2D eigenvalue weighted by molar-refractivity contribution is 0.979. The maximum absolute atomic E-state index is 2.53. The second-order valence-corrected chi connectivity index (χ2v) is 15.1. The summed E-state index contributed by atoms with van der Waals surface area (Å²) in [5.74, 6) is 0. The van der Waals surface area contributed by atoms with Gasteiger partial charge in [0.15, 0.2) is 0 Å². The van der Waals surface area contributed by atoms with Gasteiger partial charge in [-0.1, -0.05) is 121 Å². The van der Waals surface area contributed by atoms with Crippen molar-refractivity contribution in [3.63, 3.8) is 0 Å². The Kier molecular flexibility index (Phi) is 6.32. The highest BCUT2D eigenvalue weighted by molar-refractivity contribution is 6.18. The number of hydrogen-bond acceptors (Lipinski definition) is 0. The molecule has 0 spiro atoms. The van der Waals surface area contributed by atoms with Crippen LogP contribution in [0.3, 0.4) is 0 Å². The lowest BCUT2D eigenvalue weighted by atomic mass is 9.91. The summed E-state index contributed by atoms with van der Waals surface area (Å²) in [5.41, 5.74) is 18.3. The Balaban J connectivity index is 0.988. The van der Waals surface area contributed by atoms with Crippen LogP contribution in [0.5, 0.6) is 0 Å². The molecule has 2 heterocycles. The zero-order valence-electron chi connectivity index (χ0n) is 29.9. The van der Waals surface area contributed by atoms with Crippen LogP contribution in [0.15, 0.2) is 170 Å². The Labute approximate surface area is 313 Å². The predicted octanol–water partition coefficient (Wildman–Crippen LogP) is 14.3. The molecule has 54 heavy (non-hydrogen) atoms. The number of aromatic nitrogens is 2. The van der Waals surface area contributed by atoms with E-state index in [4.69, 9.17) is 0 Å². The van der Waals surface area contributed by atoms with Gasteiger partial charge in [-0.3, -0.25) is 0 Å². The van der Waals surface area contributed by atoms with Crippen LogP contribution in [0.4, 0.5) is 0 Å². The Morgan fingerprint density at radius 2 is 0.963 bits per heavy atom. The van der Waals surface area contributed by atoms with Gasteiger partial charge in [-0.05, 0) is 130 Å². The van der Waals surface area contributed by atoms with Crippen molar-refractivity contribution in [1.82, 2.24) is 9.13 Å². The van der Waals surface area contributed by atoms with Crippen LogP contribution in [0.25, 0.3) is 105 Å². The first kappa shape index (κ1) is 29.9. The molecule has 0 fully saturated rings. The van der Waals surface area contributed by atoms with E-state index in [0.29, 0.717) is 0 Å². The van der Waals surface area contributed by atoms with Gasteiger partial charge in [-0.25, -0.2) is 0 Å². The van der Waals surface area contributed by atoms with Gasteiger partial charge in [-0.15, -0.1) is 0 Å². The summed E-state index contributed by atoms with van der Waals surface area (Å²) < 4.78 is 5.00. The molecule has 12 rings (SSSR count). The second kappa shape index (κ2) is 11.4. The molecule has 2 aromatic heterocycles. The summed E-state index contributed by atoms with van der Waals surface area (Å²) in [7, 11) is 0. The Bertz CT molecular complexity index is 3180. The third-order valence-electron chi connectivity index (χ3n) is 12.2. The van der Waals surface area contributed by atoms with E-state index in [2.05, 4.69) is 179 Å².